The zero-order valence-corrected chi connectivity index (χ0v) is 9.13. The third-order valence-electron chi connectivity index (χ3n) is 1.57. The lowest BCUT2D eigenvalue weighted by Gasteiger charge is -1.99. The third-order valence-corrected chi connectivity index (χ3v) is 2.76. The van der Waals surface area contributed by atoms with Crippen LogP contribution in [-0.4, -0.2) is 19.2 Å². The minimum atomic E-state index is -4.03. The molecule has 0 amide bonds. The third kappa shape index (κ3) is 2.75. The lowest BCUT2D eigenvalue weighted by atomic mass is 10.2. The van der Waals surface area contributed by atoms with Gasteiger partial charge in [0.2, 0.25) is 0 Å². The fraction of sp³-hybridized carbons (Fsp3) is 0.125. The highest BCUT2D eigenvalue weighted by Crippen LogP contribution is 2.15. The van der Waals surface area contributed by atoms with Crippen LogP contribution in [0.4, 0.5) is 0 Å². The minimum absolute atomic E-state index is 0.0841. The lowest BCUT2D eigenvalue weighted by molar-refractivity contribution is 0.101. The first-order valence-corrected chi connectivity index (χ1v) is 6.03. The Labute approximate surface area is 90.7 Å². The van der Waals surface area contributed by atoms with E-state index >= 15 is 0 Å². The Balaban J connectivity index is 3.52. The second-order valence-electron chi connectivity index (χ2n) is 2.69. The molecule has 0 bridgehead atoms. The van der Waals surface area contributed by atoms with Crippen LogP contribution in [0.15, 0.2) is 17.2 Å². The van der Waals surface area contributed by atoms with Gasteiger partial charge in [-0.15, -0.1) is 0 Å². The molecule has 1 aromatic rings. The number of pyridine rings is 1. The van der Waals surface area contributed by atoms with Gasteiger partial charge < -0.3 is 0 Å². The van der Waals surface area contributed by atoms with Crippen molar-refractivity contribution in [1.29, 1.82) is 5.26 Å². The highest BCUT2D eigenvalue weighted by atomic mass is 35.7. The molecule has 1 heterocycles. The molecule has 5 nitrogen and oxygen atoms in total. The van der Waals surface area contributed by atoms with E-state index in [1.807, 2.05) is 0 Å². The van der Waals surface area contributed by atoms with Crippen LogP contribution >= 0.6 is 10.7 Å². The average molecular weight is 245 g/mol. The molecule has 15 heavy (non-hydrogen) atoms. The number of nitrogens with zero attached hydrogens (tertiary/aromatic N) is 2. The number of carbonyl (C=O) groups excluding carboxylic acids is 1. The van der Waals surface area contributed by atoms with Crippen molar-refractivity contribution in [2.75, 3.05) is 0 Å². The van der Waals surface area contributed by atoms with Crippen molar-refractivity contribution in [3.8, 4) is 6.07 Å². The molecule has 0 aromatic carbocycles. The van der Waals surface area contributed by atoms with Gasteiger partial charge in [0.15, 0.2) is 10.8 Å². The van der Waals surface area contributed by atoms with Crippen molar-refractivity contribution in [1.82, 2.24) is 4.98 Å². The smallest absolute Gasteiger partial charge is 0.278 e. The van der Waals surface area contributed by atoms with Gasteiger partial charge in [-0.3, -0.25) is 4.79 Å². The maximum atomic E-state index is 11.0. The molecule has 0 radical (unpaired) electrons. The molecular formula is C8H5ClN2O3S. The number of hydrogen-bond acceptors (Lipinski definition) is 5. The van der Waals surface area contributed by atoms with Crippen molar-refractivity contribution in [3.63, 3.8) is 0 Å². The van der Waals surface area contributed by atoms with Crippen LogP contribution in [0.5, 0.6) is 0 Å². The first kappa shape index (κ1) is 11.6. The van der Waals surface area contributed by atoms with E-state index in [-0.39, 0.29) is 17.0 Å². The Bertz CT molecular complexity index is 560. The fourth-order valence-corrected chi connectivity index (χ4v) is 1.60. The molecule has 0 fully saturated rings. The Morgan fingerprint density at radius 2 is 2.13 bits per heavy atom. The van der Waals surface area contributed by atoms with Gasteiger partial charge in [0.1, 0.15) is 11.8 Å². The zero-order chi connectivity index (χ0) is 11.6. The van der Waals surface area contributed by atoms with E-state index in [0.717, 1.165) is 6.07 Å². The number of carbonyl (C=O) groups is 1. The van der Waals surface area contributed by atoms with Crippen molar-refractivity contribution >= 4 is 25.5 Å². The van der Waals surface area contributed by atoms with Crippen molar-refractivity contribution in [2.24, 2.45) is 0 Å². The zero-order valence-electron chi connectivity index (χ0n) is 7.56. The summed E-state index contributed by atoms with van der Waals surface area (Å²) in [6.45, 7) is 1.25. The second-order valence-corrected chi connectivity index (χ2v) is 5.20. The number of ketones is 1. The quantitative estimate of drug-likeness (QED) is 0.574. The molecule has 0 spiro atoms. The molecule has 0 saturated heterocycles. The summed E-state index contributed by atoms with van der Waals surface area (Å²) in [5.41, 5.74) is -0.0808. The van der Waals surface area contributed by atoms with Gasteiger partial charge in [-0.1, -0.05) is 0 Å². The van der Waals surface area contributed by atoms with Crippen molar-refractivity contribution < 1.29 is 13.2 Å². The lowest BCUT2D eigenvalue weighted by Crippen LogP contribution is -2.02. The van der Waals surface area contributed by atoms with Gasteiger partial charge in [-0.2, -0.15) is 5.26 Å². The summed E-state index contributed by atoms with van der Waals surface area (Å²) in [5, 5.41) is 8.08. The summed E-state index contributed by atoms with van der Waals surface area (Å²) >= 11 is 0. The summed E-state index contributed by atoms with van der Waals surface area (Å²) in [6.07, 6.45) is 0. The normalized spacial score (nSPS) is 10.7. The molecule has 0 atom stereocenters. The first-order valence-electron chi connectivity index (χ1n) is 3.72. The topological polar surface area (TPSA) is 87.9 Å². The molecule has 1 rings (SSSR count). The molecule has 0 N–H and O–H groups in total. The Morgan fingerprint density at radius 3 is 2.53 bits per heavy atom. The van der Waals surface area contributed by atoms with Crippen LogP contribution < -0.4 is 0 Å². The van der Waals surface area contributed by atoms with Gasteiger partial charge in [0.25, 0.3) is 9.05 Å². The molecule has 0 aliphatic heterocycles. The highest BCUT2D eigenvalue weighted by Gasteiger charge is 2.15. The van der Waals surface area contributed by atoms with Crippen LogP contribution in [0.2, 0.25) is 0 Å². The molecule has 0 unspecified atom stereocenters. The Morgan fingerprint density at radius 1 is 1.53 bits per heavy atom. The van der Waals surface area contributed by atoms with Crippen molar-refractivity contribution in [3.05, 3.63) is 23.4 Å². The van der Waals surface area contributed by atoms with Crippen LogP contribution in [0.1, 0.15) is 23.0 Å². The summed E-state index contributed by atoms with van der Waals surface area (Å²) < 4.78 is 21.9. The number of halogens is 1. The van der Waals surface area contributed by atoms with Gasteiger partial charge >= 0.3 is 0 Å². The van der Waals surface area contributed by atoms with Gasteiger partial charge in [0.05, 0.1) is 0 Å². The summed E-state index contributed by atoms with van der Waals surface area (Å²) in [4.78, 5) is 14.5. The van der Waals surface area contributed by atoms with E-state index in [9.17, 15) is 13.2 Å². The summed E-state index contributed by atoms with van der Waals surface area (Å²) in [7, 11) is 1.02. The van der Waals surface area contributed by atoms with Gasteiger partial charge in [-0.05, 0) is 19.1 Å². The van der Waals surface area contributed by atoms with Crippen LogP contribution in [0, 0.1) is 11.3 Å². The van der Waals surface area contributed by atoms with E-state index in [2.05, 4.69) is 4.98 Å². The van der Waals surface area contributed by atoms with Crippen LogP contribution in [0.25, 0.3) is 0 Å². The van der Waals surface area contributed by atoms with E-state index < -0.39 is 14.1 Å². The van der Waals surface area contributed by atoms with E-state index in [4.69, 9.17) is 15.9 Å². The van der Waals surface area contributed by atoms with Gasteiger partial charge in [-0.25, -0.2) is 13.4 Å². The first-order chi connectivity index (χ1) is 6.84. The number of Topliss-reactive ketones (excluding diaryl/α,β-unsaturated/α-hetero) is 1. The molecule has 1 aromatic heterocycles. The number of hydrogen-bond donors (Lipinski definition) is 0. The maximum Gasteiger partial charge on any atom is 0.278 e. The summed E-state index contributed by atoms with van der Waals surface area (Å²) in [5.74, 6) is -0.365. The number of rotatable bonds is 2. The standard InChI is InChI=1S/C8H5ClN2O3S/c1-5(12)6-2-7(4-10)11-8(3-6)15(9,13)14/h2-3H,1H3. The van der Waals surface area contributed by atoms with E-state index in [1.54, 1.807) is 6.07 Å². The second kappa shape index (κ2) is 3.96. The molecule has 0 aliphatic carbocycles. The predicted octanol–water partition coefficient (Wildman–Crippen LogP) is 1.08. The number of aromatic nitrogens is 1. The predicted molar refractivity (Wildman–Crippen MR) is 52.0 cm³/mol. The Hall–Kier alpha value is -1.45. The molecule has 7 heteroatoms. The number of nitriles is 1. The average Bonchev–Trinajstić information content (AvgIpc) is 2.15. The van der Waals surface area contributed by atoms with Gasteiger partial charge in [0, 0.05) is 16.2 Å². The SMILES string of the molecule is CC(=O)c1cc(C#N)nc(S(=O)(=O)Cl)c1. The molecular weight excluding hydrogens is 240 g/mol. The highest BCUT2D eigenvalue weighted by molar-refractivity contribution is 8.13. The maximum absolute atomic E-state index is 11.0. The van der Waals surface area contributed by atoms with Crippen molar-refractivity contribution in [2.45, 2.75) is 11.9 Å². The fourth-order valence-electron chi connectivity index (χ4n) is 0.891. The van der Waals surface area contributed by atoms with E-state index in [1.165, 1.54) is 13.0 Å². The Kier molecular flexibility index (Phi) is 3.07. The van der Waals surface area contributed by atoms with E-state index in [0.29, 0.717) is 0 Å². The molecule has 0 aliphatic rings. The van der Waals surface area contributed by atoms with Crippen LogP contribution in [0.3, 0.4) is 0 Å². The monoisotopic (exact) mass is 244 g/mol. The van der Waals surface area contributed by atoms with Crippen LogP contribution in [-0.2, 0) is 9.05 Å². The largest absolute Gasteiger partial charge is 0.295 e. The molecule has 78 valence electrons. The molecule has 0 saturated carbocycles. The minimum Gasteiger partial charge on any atom is -0.295 e. The summed E-state index contributed by atoms with van der Waals surface area (Å²) in [6, 6.07) is 3.88.